The number of aromatic nitrogens is 3. The lowest BCUT2D eigenvalue weighted by atomic mass is 9.88. The molecule has 2 saturated heterocycles. The fourth-order valence-corrected chi connectivity index (χ4v) is 3.89. The van der Waals surface area contributed by atoms with E-state index in [1.807, 2.05) is 30.2 Å². The van der Waals surface area contributed by atoms with E-state index < -0.39 is 0 Å². The van der Waals surface area contributed by atoms with Crippen molar-refractivity contribution in [3.05, 3.63) is 48.0 Å². The Morgan fingerprint density at radius 3 is 2.88 bits per heavy atom. The summed E-state index contributed by atoms with van der Waals surface area (Å²) in [6.45, 7) is 4.45. The average Bonchev–Trinajstić information content (AvgIpc) is 3.23. The van der Waals surface area contributed by atoms with Gasteiger partial charge in [0, 0.05) is 57.3 Å². The summed E-state index contributed by atoms with van der Waals surface area (Å²) < 4.78 is 14.1. The Bertz CT molecular complexity index is 680. The third-order valence-electron chi connectivity index (χ3n) is 5.32. The minimum atomic E-state index is 0.0189. The number of piperidine rings is 1. The number of nitrogens with zero attached hydrogens (tertiary/aromatic N) is 4. The van der Waals surface area contributed by atoms with Crippen molar-refractivity contribution in [3.63, 3.8) is 0 Å². The van der Waals surface area contributed by atoms with Crippen molar-refractivity contribution in [2.24, 2.45) is 7.05 Å². The lowest BCUT2D eigenvalue weighted by molar-refractivity contribution is -0.0468. The molecule has 2 aliphatic rings. The van der Waals surface area contributed by atoms with Gasteiger partial charge in [0.05, 0.1) is 31.1 Å². The molecule has 134 valence electrons. The maximum absolute atomic E-state index is 6.20. The molecule has 0 amide bonds. The SMILES string of the molecule is Cn1cc(CN2CCC3(CC2)C[C@H](OCc2cccnc2)CO3)cn1. The van der Waals surface area contributed by atoms with Gasteiger partial charge in [-0.15, -0.1) is 0 Å². The molecule has 0 N–H and O–H groups in total. The van der Waals surface area contributed by atoms with Crippen LogP contribution in [-0.4, -0.2) is 51.1 Å². The Balaban J connectivity index is 1.24. The van der Waals surface area contributed by atoms with E-state index in [0.717, 1.165) is 44.5 Å². The summed E-state index contributed by atoms with van der Waals surface area (Å²) in [6, 6.07) is 4.00. The van der Waals surface area contributed by atoms with Gasteiger partial charge in [-0.3, -0.25) is 14.6 Å². The van der Waals surface area contributed by atoms with E-state index in [1.165, 1.54) is 5.56 Å². The number of hydrogen-bond donors (Lipinski definition) is 0. The predicted molar refractivity (Wildman–Crippen MR) is 93.8 cm³/mol. The molecule has 0 aromatic carbocycles. The third kappa shape index (κ3) is 4.08. The van der Waals surface area contributed by atoms with Gasteiger partial charge < -0.3 is 9.47 Å². The van der Waals surface area contributed by atoms with Crippen LogP contribution in [0.4, 0.5) is 0 Å². The van der Waals surface area contributed by atoms with Gasteiger partial charge >= 0.3 is 0 Å². The first-order valence-electron chi connectivity index (χ1n) is 9.05. The molecule has 2 aromatic rings. The molecule has 2 aromatic heterocycles. The van der Waals surface area contributed by atoms with Crippen molar-refractivity contribution >= 4 is 0 Å². The van der Waals surface area contributed by atoms with Crippen LogP contribution in [0.25, 0.3) is 0 Å². The highest BCUT2D eigenvalue weighted by Crippen LogP contribution is 2.37. The molecule has 0 radical (unpaired) electrons. The highest BCUT2D eigenvalue weighted by Gasteiger charge is 2.43. The van der Waals surface area contributed by atoms with Crippen molar-refractivity contribution in [3.8, 4) is 0 Å². The second kappa shape index (κ2) is 7.23. The standard InChI is InChI=1S/C19H26N4O2/c1-22-12-17(11-21-22)13-23-7-4-19(5-8-23)9-18(15-25-19)24-14-16-3-2-6-20-10-16/h2-3,6,10-12,18H,4-5,7-9,13-15H2,1H3/t18-/m0/s1. The lowest BCUT2D eigenvalue weighted by Crippen LogP contribution is -2.43. The molecule has 4 rings (SSSR count). The zero-order valence-corrected chi connectivity index (χ0v) is 14.8. The van der Waals surface area contributed by atoms with Gasteiger partial charge in [-0.05, 0) is 24.5 Å². The molecule has 1 atom stereocenters. The minimum Gasteiger partial charge on any atom is -0.372 e. The topological polar surface area (TPSA) is 52.4 Å². The van der Waals surface area contributed by atoms with E-state index in [9.17, 15) is 0 Å². The van der Waals surface area contributed by atoms with Gasteiger partial charge in [-0.25, -0.2) is 0 Å². The fourth-order valence-electron chi connectivity index (χ4n) is 3.89. The highest BCUT2D eigenvalue weighted by molar-refractivity contribution is 5.07. The Morgan fingerprint density at radius 2 is 2.16 bits per heavy atom. The quantitative estimate of drug-likeness (QED) is 0.833. The zero-order chi connectivity index (χ0) is 17.1. The molecule has 2 fully saturated rings. The molecule has 0 aliphatic carbocycles. The van der Waals surface area contributed by atoms with Gasteiger partial charge in [0.1, 0.15) is 0 Å². The number of likely N-dealkylation sites (tertiary alicyclic amines) is 1. The summed E-state index contributed by atoms with van der Waals surface area (Å²) in [7, 11) is 1.96. The van der Waals surface area contributed by atoms with Crippen LogP contribution in [0.5, 0.6) is 0 Å². The summed E-state index contributed by atoms with van der Waals surface area (Å²) in [6.07, 6.45) is 11.1. The maximum atomic E-state index is 6.20. The second-order valence-corrected chi connectivity index (χ2v) is 7.29. The lowest BCUT2D eigenvalue weighted by Gasteiger charge is -2.38. The smallest absolute Gasteiger partial charge is 0.0840 e. The normalized spacial score (nSPS) is 23.3. The molecule has 0 bridgehead atoms. The minimum absolute atomic E-state index is 0.0189. The first kappa shape index (κ1) is 16.7. The summed E-state index contributed by atoms with van der Waals surface area (Å²) in [4.78, 5) is 6.63. The third-order valence-corrected chi connectivity index (χ3v) is 5.32. The van der Waals surface area contributed by atoms with E-state index in [1.54, 1.807) is 6.20 Å². The van der Waals surface area contributed by atoms with E-state index >= 15 is 0 Å². The van der Waals surface area contributed by atoms with Crippen molar-refractivity contribution in [2.75, 3.05) is 19.7 Å². The van der Waals surface area contributed by atoms with Crippen LogP contribution in [-0.2, 0) is 29.7 Å². The molecular weight excluding hydrogens is 316 g/mol. The first-order chi connectivity index (χ1) is 12.2. The number of rotatable bonds is 5. The van der Waals surface area contributed by atoms with Crippen LogP contribution in [0.1, 0.15) is 30.4 Å². The number of ether oxygens (including phenoxy) is 2. The molecule has 2 aliphatic heterocycles. The van der Waals surface area contributed by atoms with Gasteiger partial charge in [0.15, 0.2) is 0 Å². The number of hydrogen-bond acceptors (Lipinski definition) is 5. The van der Waals surface area contributed by atoms with Gasteiger partial charge in [0.25, 0.3) is 0 Å². The molecule has 6 nitrogen and oxygen atoms in total. The van der Waals surface area contributed by atoms with Crippen LogP contribution in [0, 0.1) is 0 Å². The molecule has 6 heteroatoms. The molecular formula is C19H26N4O2. The molecule has 0 saturated carbocycles. The zero-order valence-electron chi connectivity index (χ0n) is 14.8. The average molecular weight is 342 g/mol. The van der Waals surface area contributed by atoms with Crippen LogP contribution >= 0.6 is 0 Å². The summed E-state index contributed by atoms with van der Waals surface area (Å²) in [5, 5.41) is 4.25. The van der Waals surface area contributed by atoms with E-state index in [4.69, 9.17) is 9.47 Å². The summed E-state index contributed by atoms with van der Waals surface area (Å²) in [5.41, 5.74) is 2.42. The Kier molecular flexibility index (Phi) is 4.83. The maximum Gasteiger partial charge on any atom is 0.0840 e. The first-order valence-corrected chi connectivity index (χ1v) is 9.05. The van der Waals surface area contributed by atoms with E-state index in [0.29, 0.717) is 13.2 Å². The van der Waals surface area contributed by atoms with Crippen LogP contribution < -0.4 is 0 Å². The highest BCUT2D eigenvalue weighted by atomic mass is 16.6. The van der Waals surface area contributed by atoms with Crippen LogP contribution in [0.15, 0.2) is 36.9 Å². The summed E-state index contributed by atoms with van der Waals surface area (Å²) >= 11 is 0. The van der Waals surface area contributed by atoms with Gasteiger partial charge in [0.2, 0.25) is 0 Å². The fraction of sp³-hybridized carbons (Fsp3) is 0.579. The van der Waals surface area contributed by atoms with Crippen LogP contribution in [0.3, 0.4) is 0 Å². The summed E-state index contributed by atoms with van der Waals surface area (Å²) in [5.74, 6) is 0. The molecule has 25 heavy (non-hydrogen) atoms. The molecule has 0 unspecified atom stereocenters. The Hall–Kier alpha value is -1.76. The van der Waals surface area contributed by atoms with Gasteiger partial charge in [-0.2, -0.15) is 5.10 Å². The van der Waals surface area contributed by atoms with Crippen molar-refractivity contribution in [2.45, 2.75) is 44.1 Å². The molecule has 1 spiro atoms. The predicted octanol–water partition coefficient (Wildman–Crippen LogP) is 2.16. The monoisotopic (exact) mass is 342 g/mol. The Morgan fingerprint density at radius 1 is 1.28 bits per heavy atom. The van der Waals surface area contributed by atoms with Gasteiger partial charge in [-0.1, -0.05) is 6.07 Å². The van der Waals surface area contributed by atoms with E-state index in [-0.39, 0.29) is 11.7 Å². The number of pyridine rings is 1. The van der Waals surface area contributed by atoms with Crippen molar-refractivity contribution in [1.29, 1.82) is 0 Å². The molecule has 4 heterocycles. The van der Waals surface area contributed by atoms with Crippen LogP contribution in [0.2, 0.25) is 0 Å². The second-order valence-electron chi connectivity index (χ2n) is 7.29. The largest absolute Gasteiger partial charge is 0.372 e. The van der Waals surface area contributed by atoms with E-state index in [2.05, 4.69) is 27.2 Å². The Labute approximate surface area is 148 Å². The number of aryl methyl sites for hydroxylation is 1. The van der Waals surface area contributed by atoms with Crippen molar-refractivity contribution < 1.29 is 9.47 Å². The van der Waals surface area contributed by atoms with Crippen molar-refractivity contribution in [1.82, 2.24) is 19.7 Å².